The summed E-state index contributed by atoms with van der Waals surface area (Å²) in [5.74, 6) is 1.19. The van der Waals surface area contributed by atoms with Crippen LogP contribution in [0, 0.1) is 0 Å². The second-order valence-corrected chi connectivity index (χ2v) is 7.41. The Balaban J connectivity index is 2.02. The van der Waals surface area contributed by atoms with Crippen molar-refractivity contribution in [1.82, 2.24) is 0 Å². The van der Waals surface area contributed by atoms with Gasteiger partial charge >= 0.3 is 0 Å². The third kappa shape index (κ3) is 6.17. The number of hydrogen-bond donors (Lipinski definition) is 1. The zero-order valence-electron chi connectivity index (χ0n) is 16.6. The Kier molecular flexibility index (Phi) is 7.05. The minimum atomic E-state index is -0.566. The molecule has 1 N–H and O–H groups in total. The molecule has 0 spiro atoms. The van der Waals surface area contributed by atoms with Gasteiger partial charge in [-0.1, -0.05) is 58.5 Å². The normalized spacial score (nSPS) is 12.1. The Labute approximate surface area is 162 Å². The Bertz CT molecular complexity index is 760. The molecular weight excluding hydrogens is 338 g/mol. The number of nitrogens with one attached hydrogen (secondary N) is 1. The molecule has 0 radical (unpaired) electrons. The fourth-order valence-electron chi connectivity index (χ4n) is 2.56. The molecule has 4 heteroatoms. The summed E-state index contributed by atoms with van der Waals surface area (Å²) in [6.07, 6.45) is 1.68. The molecule has 1 amide bonds. The van der Waals surface area contributed by atoms with E-state index in [1.54, 1.807) is 12.1 Å². The Morgan fingerprint density at radius 1 is 1.15 bits per heavy atom. The molecule has 27 heavy (non-hydrogen) atoms. The van der Waals surface area contributed by atoms with Crippen LogP contribution in [0.5, 0.6) is 11.5 Å². The number of hydrogen-bond acceptors (Lipinski definition) is 3. The number of ether oxygens (including phenoxy) is 2. The van der Waals surface area contributed by atoms with E-state index in [0.29, 0.717) is 30.2 Å². The maximum Gasteiger partial charge on any atom is 0.265 e. The van der Waals surface area contributed by atoms with Crippen molar-refractivity contribution in [2.24, 2.45) is 0 Å². The zero-order valence-corrected chi connectivity index (χ0v) is 16.6. The van der Waals surface area contributed by atoms with E-state index in [0.717, 1.165) is 0 Å². The number of rotatable bonds is 8. The van der Waals surface area contributed by atoms with Crippen LogP contribution in [0.15, 0.2) is 61.2 Å². The molecule has 0 fully saturated rings. The van der Waals surface area contributed by atoms with Crippen LogP contribution in [-0.2, 0) is 10.2 Å². The van der Waals surface area contributed by atoms with Gasteiger partial charge in [0.05, 0.1) is 0 Å². The minimum Gasteiger partial charge on any atom is -0.489 e. The van der Waals surface area contributed by atoms with Crippen LogP contribution >= 0.6 is 0 Å². The molecule has 0 saturated carbocycles. The van der Waals surface area contributed by atoms with Crippen molar-refractivity contribution >= 4 is 11.6 Å². The third-order valence-corrected chi connectivity index (χ3v) is 4.13. The molecule has 0 saturated heterocycles. The Morgan fingerprint density at radius 3 is 2.44 bits per heavy atom. The van der Waals surface area contributed by atoms with Crippen molar-refractivity contribution in [3.05, 3.63) is 66.7 Å². The number of carbonyl (C=O) groups is 1. The highest BCUT2D eigenvalue weighted by molar-refractivity contribution is 5.94. The first-order valence-corrected chi connectivity index (χ1v) is 9.25. The molecule has 144 valence electrons. The summed E-state index contributed by atoms with van der Waals surface area (Å²) >= 11 is 0. The van der Waals surface area contributed by atoms with Crippen molar-refractivity contribution in [3.8, 4) is 11.5 Å². The highest BCUT2D eigenvalue weighted by Crippen LogP contribution is 2.25. The summed E-state index contributed by atoms with van der Waals surface area (Å²) in [5, 5.41) is 2.90. The summed E-state index contributed by atoms with van der Waals surface area (Å²) in [4.78, 5) is 12.6. The van der Waals surface area contributed by atoms with Gasteiger partial charge in [-0.05, 0) is 41.7 Å². The van der Waals surface area contributed by atoms with Crippen LogP contribution in [0.25, 0.3) is 0 Å². The van der Waals surface area contributed by atoms with Gasteiger partial charge in [-0.2, -0.15) is 0 Å². The third-order valence-electron chi connectivity index (χ3n) is 4.13. The molecule has 0 aliphatic rings. The molecule has 4 nitrogen and oxygen atoms in total. The van der Waals surface area contributed by atoms with Gasteiger partial charge < -0.3 is 14.8 Å². The van der Waals surface area contributed by atoms with Crippen LogP contribution in [-0.4, -0.2) is 18.6 Å². The van der Waals surface area contributed by atoms with Crippen LogP contribution in [0.3, 0.4) is 0 Å². The summed E-state index contributed by atoms with van der Waals surface area (Å²) < 4.78 is 11.4. The van der Waals surface area contributed by atoms with E-state index in [1.807, 2.05) is 49.4 Å². The minimum absolute atomic E-state index is 0.0821. The lowest BCUT2D eigenvalue weighted by Gasteiger charge is -2.21. The predicted molar refractivity (Wildman–Crippen MR) is 111 cm³/mol. The van der Waals surface area contributed by atoms with E-state index in [-0.39, 0.29) is 11.3 Å². The zero-order chi connectivity index (χ0) is 19.9. The number of benzene rings is 2. The second kappa shape index (κ2) is 9.26. The highest BCUT2D eigenvalue weighted by Gasteiger charge is 2.19. The highest BCUT2D eigenvalue weighted by atomic mass is 16.5. The first-order chi connectivity index (χ1) is 12.8. The molecule has 2 aromatic carbocycles. The summed E-state index contributed by atoms with van der Waals surface area (Å²) in [7, 11) is 0. The largest absolute Gasteiger partial charge is 0.489 e. The first kappa shape index (κ1) is 20.6. The van der Waals surface area contributed by atoms with E-state index < -0.39 is 6.10 Å². The summed E-state index contributed by atoms with van der Waals surface area (Å²) in [5.41, 5.74) is 1.98. The van der Waals surface area contributed by atoms with Crippen LogP contribution < -0.4 is 14.8 Å². The van der Waals surface area contributed by atoms with Crippen molar-refractivity contribution in [3.63, 3.8) is 0 Å². The van der Waals surface area contributed by atoms with Crippen LogP contribution in [0.2, 0.25) is 0 Å². The predicted octanol–water partition coefficient (Wildman–Crippen LogP) is 5.35. The van der Waals surface area contributed by atoms with Crippen molar-refractivity contribution in [2.75, 3.05) is 11.9 Å². The van der Waals surface area contributed by atoms with Gasteiger partial charge in [-0.15, -0.1) is 0 Å². The maximum atomic E-state index is 12.6. The molecule has 0 aliphatic carbocycles. The molecule has 2 aromatic rings. The van der Waals surface area contributed by atoms with Gasteiger partial charge in [0.2, 0.25) is 0 Å². The van der Waals surface area contributed by atoms with E-state index >= 15 is 0 Å². The van der Waals surface area contributed by atoms with Crippen molar-refractivity contribution < 1.29 is 14.3 Å². The van der Waals surface area contributed by atoms with E-state index in [2.05, 4.69) is 32.7 Å². The molecule has 0 unspecified atom stereocenters. The Morgan fingerprint density at radius 2 is 1.85 bits per heavy atom. The number of carbonyl (C=O) groups excluding carboxylic acids is 1. The molecule has 0 aromatic heterocycles. The SMILES string of the molecule is C=CCOc1cccc(NC(=O)[C@H](CC)Oc2ccc(C(C)(C)C)cc2)c1. The van der Waals surface area contributed by atoms with Gasteiger partial charge in [0, 0.05) is 11.8 Å². The first-order valence-electron chi connectivity index (χ1n) is 9.25. The van der Waals surface area contributed by atoms with Gasteiger partial charge in [-0.25, -0.2) is 0 Å². The smallest absolute Gasteiger partial charge is 0.265 e. The lowest BCUT2D eigenvalue weighted by molar-refractivity contribution is -0.122. The average molecular weight is 367 g/mol. The van der Waals surface area contributed by atoms with E-state index in [1.165, 1.54) is 5.56 Å². The fourth-order valence-corrected chi connectivity index (χ4v) is 2.56. The number of anilines is 1. The van der Waals surface area contributed by atoms with Crippen molar-refractivity contribution in [2.45, 2.75) is 45.6 Å². The molecular formula is C23H29NO3. The molecule has 2 rings (SSSR count). The quantitative estimate of drug-likeness (QED) is 0.640. The standard InChI is InChI=1S/C23H29NO3/c1-6-15-26-20-10-8-9-18(16-20)24-22(25)21(7-2)27-19-13-11-17(12-14-19)23(3,4)5/h6,8-14,16,21H,1,7,15H2,2-5H3,(H,24,25)/t21-/m0/s1. The summed E-state index contributed by atoms with van der Waals surface area (Å²) in [6.45, 7) is 12.5. The van der Waals surface area contributed by atoms with E-state index in [9.17, 15) is 4.79 Å². The summed E-state index contributed by atoms with van der Waals surface area (Å²) in [6, 6.07) is 15.2. The number of amides is 1. The Hall–Kier alpha value is -2.75. The molecule has 0 aliphatic heterocycles. The van der Waals surface area contributed by atoms with Crippen LogP contribution in [0.4, 0.5) is 5.69 Å². The average Bonchev–Trinajstić information content (AvgIpc) is 2.64. The van der Waals surface area contributed by atoms with E-state index in [4.69, 9.17) is 9.47 Å². The van der Waals surface area contributed by atoms with Gasteiger partial charge in [-0.3, -0.25) is 4.79 Å². The fraction of sp³-hybridized carbons (Fsp3) is 0.348. The van der Waals surface area contributed by atoms with Gasteiger partial charge in [0.15, 0.2) is 6.10 Å². The lowest BCUT2D eigenvalue weighted by atomic mass is 9.87. The molecule has 1 atom stereocenters. The van der Waals surface area contributed by atoms with Crippen molar-refractivity contribution in [1.29, 1.82) is 0 Å². The molecule has 0 bridgehead atoms. The second-order valence-electron chi connectivity index (χ2n) is 7.41. The monoisotopic (exact) mass is 367 g/mol. The van der Waals surface area contributed by atoms with Gasteiger partial charge in [0.25, 0.3) is 5.91 Å². The lowest BCUT2D eigenvalue weighted by Crippen LogP contribution is -2.32. The maximum absolute atomic E-state index is 12.6. The van der Waals surface area contributed by atoms with Crippen LogP contribution in [0.1, 0.15) is 39.7 Å². The van der Waals surface area contributed by atoms with Gasteiger partial charge in [0.1, 0.15) is 18.1 Å². The molecule has 0 heterocycles. The topological polar surface area (TPSA) is 47.6 Å².